The van der Waals surface area contributed by atoms with Crippen molar-refractivity contribution in [3.8, 4) is 0 Å². The second kappa shape index (κ2) is 42.8. The van der Waals surface area contributed by atoms with Gasteiger partial charge in [0.2, 0.25) is 0 Å². The molecule has 0 aliphatic carbocycles. The van der Waals surface area contributed by atoms with E-state index < -0.39 is 23.9 Å². The van der Waals surface area contributed by atoms with Crippen LogP contribution in [0.4, 0.5) is 0 Å². The van der Waals surface area contributed by atoms with E-state index >= 15 is 0 Å². The van der Waals surface area contributed by atoms with Crippen LogP contribution in [0, 0.1) is 6.54 Å². The number of nitrogens with two attached hydrogens (primary N) is 2. The third kappa shape index (κ3) is 10900. The van der Waals surface area contributed by atoms with Gasteiger partial charge in [0.1, 0.15) is 0 Å². The normalized spacial score (nSPS) is 5.91. The molecular weight excluding hydrogens is 322 g/mol. The summed E-state index contributed by atoms with van der Waals surface area (Å²) in [5.41, 5.74) is 9.62. The minimum Gasteiger partial charge on any atom is -0.482 e. The fraction of sp³-hybridized carbons (Fsp3) is 0.500. The molecule has 0 aliphatic rings. The Hall–Kier alpha value is -0.200. The molecule has 0 radical (unpaired) electrons. The van der Waals surface area contributed by atoms with Crippen molar-refractivity contribution in [2.75, 3.05) is 6.54 Å². The molecule has 0 bridgehead atoms. The Balaban J connectivity index is -0.0000000250. The molecule has 0 aromatic carbocycles. The van der Waals surface area contributed by atoms with Gasteiger partial charge >= 0.3 is 59.1 Å². The topological polar surface area (TPSA) is 201 Å². The Morgan fingerprint density at radius 2 is 0.773 bits per heavy atom. The van der Waals surface area contributed by atoms with E-state index in [9.17, 15) is 0 Å². The van der Waals surface area contributed by atoms with Gasteiger partial charge in [0.05, 0.1) is 0 Å². The first-order chi connectivity index (χ1) is 8.84. The standard InChI is InChI=1S/C2H7N2.4C2H4O2.2Na/c3-1-2-4;4*1-2(3)4;;/h1H,2-4H2;4*1H3,(H,3,4);;/q-1;;;;;2*+1. The van der Waals surface area contributed by atoms with Crippen LogP contribution in [0.3, 0.4) is 0 Å². The van der Waals surface area contributed by atoms with Crippen LogP contribution in [-0.4, -0.2) is 50.8 Å². The number of aliphatic carboxylic acids is 4. The van der Waals surface area contributed by atoms with E-state index in [0.717, 1.165) is 27.7 Å². The summed E-state index contributed by atoms with van der Waals surface area (Å²) in [6, 6.07) is 0. The Labute approximate surface area is 173 Å². The van der Waals surface area contributed by atoms with Crippen molar-refractivity contribution in [2.45, 2.75) is 27.7 Å². The minimum absolute atomic E-state index is 0. The third-order valence-electron chi connectivity index (χ3n) is 0.136. The fourth-order valence-corrected chi connectivity index (χ4v) is 0. The van der Waals surface area contributed by atoms with E-state index in [0.29, 0.717) is 6.54 Å². The van der Waals surface area contributed by atoms with Crippen LogP contribution in [0.1, 0.15) is 27.7 Å². The van der Waals surface area contributed by atoms with Crippen molar-refractivity contribution >= 4 is 23.9 Å². The first-order valence-corrected chi connectivity index (χ1v) is 4.86. The van der Waals surface area contributed by atoms with Crippen LogP contribution >= 0.6 is 0 Å². The van der Waals surface area contributed by atoms with Gasteiger partial charge in [0, 0.05) is 27.7 Å². The summed E-state index contributed by atoms with van der Waals surface area (Å²) in [7, 11) is 0. The van der Waals surface area contributed by atoms with E-state index in [1.807, 2.05) is 0 Å². The molecule has 0 aliphatic heterocycles. The van der Waals surface area contributed by atoms with E-state index in [2.05, 4.69) is 0 Å². The summed E-state index contributed by atoms with van der Waals surface area (Å²) < 4.78 is 0. The van der Waals surface area contributed by atoms with Crippen molar-refractivity contribution in [1.29, 1.82) is 0 Å². The summed E-state index contributed by atoms with van der Waals surface area (Å²) in [5.74, 6) is -3.33. The molecule has 0 rings (SSSR count). The van der Waals surface area contributed by atoms with Gasteiger partial charge in [-0.05, 0) is 0 Å². The molecule has 0 aromatic heterocycles. The summed E-state index contributed by atoms with van der Waals surface area (Å²) in [6.45, 7) is 6.21. The van der Waals surface area contributed by atoms with Gasteiger partial charge in [-0.15, -0.1) is 6.54 Å². The number of carboxylic acid groups (broad SMARTS) is 4. The smallest absolute Gasteiger partial charge is 0.482 e. The molecule has 122 valence electrons. The first kappa shape index (κ1) is 43.1. The van der Waals surface area contributed by atoms with Gasteiger partial charge in [0.25, 0.3) is 23.9 Å². The molecule has 0 fully saturated rings. The number of carbonyl (C=O) groups is 4. The second-order valence-corrected chi connectivity index (χ2v) is 2.55. The summed E-state index contributed by atoms with van der Waals surface area (Å²) in [4.78, 5) is 36.0. The first-order valence-electron chi connectivity index (χ1n) is 4.86. The van der Waals surface area contributed by atoms with Crippen molar-refractivity contribution in [3.05, 3.63) is 6.54 Å². The maximum atomic E-state index is 9.00. The Kier molecular flexibility index (Phi) is 83.8. The Morgan fingerprint density at radius 3 is 0.773 bits per heavy atom. The molecule has 0 heterocycles. The summed E-state index contributed by atoms with van der Waals surface area (Å²) >= 11 is 0. The van der Waals surface area contributed by atoms with Crippen LogP contribution < -0.4 is 70.6 Å². The maximum absolute atomic E-state index is 9.00. The molecule has 0 atom stereocenters. The van der Waals surface area contributed by atoms with Crippen molar-refractivity contribution in [1.82, 2.24) is 0 Å². The molecule has 0 aromatic rings. The molecule has 0 saturated heterocycles. The van der Waals surface area contributed by atoms with Gasteiger partial charge in [-0.2, -0.15) is 0 Å². The van der Waals surface area contributed by atoms with Gasteiger partial charge in [-0.1, -0.05) is 0 Å². The second-order valence-electron chi connectivity index (χ2n) is 2.55. The summed E-state index contributed by atoms with van der Waals surface area (Å²) in [6.07, 6.45) is 0. The molecule has 0 unspecified atom stereocenters. The maximum Gasteiger partial charge on any atom is 1.00 e. The largest absolute Gasteiger partial charge is 1.00 e. The fourth-order valence-electron chi connectivity index (χ4n) is 0. The summed E-state index contributed by atoms with van der Waals surface area (Å²) in [5, 5.41) is 29.7. The van der Waals surface area contributed by atoms with Crippen LogP contribution in [-0.2, 0) is 19.2 Å². The van der Waals surface area contributed by atoms with Crippen LogP contribution in [0.5, 0.6) is 0 Å². The van der Waals surface area contributed by atoms with Crippen molar-refractivity contribution in [3.63, 3.8) is 0 Å². The third-order valence-corrected chi connectivity index (χ3v) is 0.136. The van der Waals surface area contributed by atoms with Gasteiger partial charge in [-0.3, -0.25) is 25.7 Å². The van der Waals surface area contributed by atoms with Crippen LogP contribution in [0.25, 0.3) is 0 Å². The zero-order chi connectivity index (χ0) is 17.7. The van der Waals surface area contributed by atoms with E-state index in [1.54, 1.807) is 0 Å². The molecule has 8 N–H and O–H groups in total. The SMILES string of the molecule is CC(=O)O.CC(=O)O.CC(=O)O.CC(=O)O.N[CH-]CN.[Na+].[Na+]. The molecule has 0 saturated carbocycles. The molecule has 22 heavy (non-hydrogen) atoms. The number of hydrogen-bond acceptors (Lipinski definition) is 6. The Morgan fingerprint density at radius 1 is 0.727 bits per heavy atom. The van der Waals surface area contributed by atoms with Crippen molar-refractivity contribution in [2.24, 2.45) is 11.5 Å². The van der Waals surface area contributed by atoms with Gasteiger partial charge in [0.15, 0.2) is 0 Å². The number of hydrogen-bond donors (Lipinski definition) is 6. The average Bonchev–Trinajstić information content (AvgIpc) is 2.13. The number of carboxylic acids is 4. The van der Waals surface area contributed by atoms with E-state index in [-0.39, 0.29) is 59.1 Å². The molecule has 0 spiro atoms. The van der Waals surface area contributed by atoms with Crippen LogP contribution in [0.2, 0.25) is 0 Å². The quantitative estimate of drug-likeness (QED) is 0.196. The van der Waals surface area contributed by atoms with Gasteiger partial charge in [-0.25, -0.2) is 0 Å². The van der Waals surface area contributed by atoms with Crippen LogP contribution in [0.15, 0.2) is 0 Å². The van der Waals surface area contributed by atoms with E-state index in [1.165, 1.54) is 6.54 Å². The van der Waals surface area contributed by atoms with Gasteiger partial charge < -0.3 is 31.9 Å². The average molecular weight is 345 g/mol. The van der Waals surface area contributed by atoms with Crippen molar-refractivity contribution < 1.29 is 98.7 Å². The predicted octanol–water partition coefficient (Wildman–Crippen LogP) is -6.56. The zero-order valence-electron chi connectivity index (χ0n) is 13.9. The monoisotopic (exact) mass is 345 g/mol. The predicted molar refractivity (Wildman–Crippen MR) is 70.8 cm³/mol. The molecule has 10 nitrogen and oxygen atoms in total. The molecule has 0 amide bonds. The zero-order valence-corrected chi connectivity index (χ0v) is 17.9. The molecule has 12 heteroatoms. The van der Waals surface area contributed by atoms with E-state index in [4.69, 9.17) is 51.1 Å². The number of rotatable bonds is 1. The Bertz CT molecular complexity index is 199. The molecular formula is C10H23N2Na2O8+. The minimum atomic E-state index is -0.833.